The lowest BCUT2D eigenvalue weighted by molar-refractivity contribution is 0.149. The van der Waals surface area contributed by atoms with Gasteiger partial charge in [-0.2, -0.15) is 0 Å². The Bertz CT molecular complexity index is 724. The van der Waals surface area contributed by atoms with Crippen molar-refractivity contribution in [1.82, 2.24) is 0 Å². The Morgan fingerprint density at radius 2 is 1.80 bits per heavy atom. The van der Waals surface area contributed by atoms with Crippen LogP contribution in [-0.2, 0) is 6.42 Å². The molecule has 3 aromatic rings. The Morgan fingerprint density at radius 1 is 1.05 bits per heavy atom. The first-order valence-electron chi connectivity index (χ1n) is 6.24. The van der Waals surface area contributed by atoms with Crippen molar-refractivity contribution in [3.05, 3.63) is 69.0 Å². The summed E-state index contributed by atoms with van der Waals surface area (Å²) < 4.78 is 6.89. The summed E-state index contributed by atoms with van der Waals surface area (Å²) in [7, 11) is 0. The van der Waals surface area contributed by atoms with E-state index in [2.05, 4.69) is 50.1 Å². The number of rotatable bonds is 3. The smallest absolute Gasteiger partial charge is 0.183 e. The summed E-state index contributed by atoms with van der Waals surface area (Å²) in [5, 5.41) is 12.7. The molecule has 1 unspecified atom stereocenters. The third kappa shape index (κ3) is 2.68. The molecule has 0 radical (unpaired) electrons. The molecule has 0 bridgehead atoms. The summed E-state index contributed by atoms with van der Waals surface area (Å²) in [5.41, 5.74) is 1.11. The van der Waals surface area contributed by atoms with E-state index in [9.17, 15) is 5.11 Å². The van der Waals surface area contributed by atoms with E-state index in [-0.39, 0.29) is 0 Å². The Morgan fingerprint density at radius 3 is 2.55 bits per heavy atom. The van der Waals surface area contributed by atoms with Crippen molar-refractivity contribution in [3.8, 4) is 0 Å². The molecule has 102 valence electrons. The Balaban J connectivity index is 1.93. The van der Waals surface area contributed by atoms with Crippen molar-refractivity contribution >= 4 is 42.6 Å². The minimum Gasteiger partial charge on any atom is -0.450 e. The Hall–Kier alpha value is -1.10. The van der Waals surface area contributed by atoms with E-state index < -0.39 is 6.10 Å². The summed E-state index contributed by atoms with van der Waals surface area (Å²) >= 11 is 6.64. The second-order valence-corrected chi connectivity index (χ2v) is 6.20. The van der Waals surface area contributed by atoms with Gasteiger partial charge in [-0.3, -0.25) is 0 Å². The lowest BCUT2D eigenvalue weighted by atomic mass is 9.99. The molecule has 2 nitrogen and oxygen atoms in total. The number of fused-ring (bicyclic) bond motifs is 1. The number of aliphatic hydroxyl groups excluding tert-OH is 1. The number of halogens is 2. The molecule has 0 aliphatic heterocycles. The van der Waals surface area contributed by atoms with Gasteiger partial charge in [0.25, 0.3) is 0 Å². The second-order valence-electron chi connectivity index (χ2n) is 4.63. The molecule has 1 heterocycles. The van der Waals surface area contributed by atoms with Crippen molar-refractivity contribution in [2.24, 2.45) is 0 Å². The fraction of sp³-hybridized carbons (Fsp3) is 0.125. The molecular formula is C16H12Br2O2. The zero-order valence-corrected chi connectivity index (χ0v) is 13.7. The predicted molar refractivity (Wildman–Crippen MR) is 86.7 cm³/mol. The van der Waals surface area contributed by atoms with E-state index in [1.54, 1.807) is 6.07 Å². The van der Waals surface area contributed by atoms with Crippen molar-refractivity contribution in [3.63, 3.8) is 0 Å². The zero-order chi connectivity index (χ0) is 14.1. The van der Waals surface area contributed by atoms with Gasteiger partial charge < -0.3 is 9.52 Å². The maximum absolute atomic E-state index is 10.3. The number of benzene rings is 2. The molecule has 3 rings (SSSR count). The summed E-state index contributed by atoms with van der Waals surface area (Å²) in [6.07, 6.45) is -0.142. The van der Waals surface area contributed by atoms with Crippen LogP contribution in [0.5, 0.6) is 0 Å². The normalized spacial score (nSPS) is 12.8. The molecule has 0 fully saturated rings. The third-order valence-electron chi connectivity index (χ3n) is 3.29. The van der Waals surface area contributed by atoms with Crippen LogP contribution in [0.25, 0.3) is 10.8 Å². The lowest BCUT2D eigenvalue weighted by Crippen LogP contribution is -2.01. The van der Waals surface area contributed by atoms with Crippen LogP contribution in [0.2, 0.25) is 0 Å². The van der Waals surface area contributed by atoms with Crippen LogP contribution in [0, 0.1) is 0 Å². The second kappa shape index (κ2) is 5.72. The molecule has 1 aromatic heterocycles. The van der Waals surface area contributed by atoms with Gasteiger partial charge >= 0.3 is 0 Å². The number of hydrogen-bond acceptors (Lipinski definition) is 2. The first kappa shape index (κ1) is 13.9. The maximum atomic E-state index is 10.3. The molecule has 1 atom stereocenters. The highest BCUT2D eigenvalue weighted by atomic mass is 79.9. The van der Waals surface area contributed by atoms with E-state index in [1.807, 2.05) is 24.3 Å². The average molecular weight is 396 g/mol. The molecule has 4 heteroatoms. The van der Waals surface area contributed by atoms with Crippen molar-refractivity contribution < 1.29 is 9.52 Å². The molecule has 2 aromatic carbocycles. The summed E-state index contributed by atoms with van der Waals surface area (Å²) in [5.74, 6) is 0.552. The minimum absolute atomic E-state index is 0.522. The van der Waals surface area contributed by atoms with Crippen LogP contribution in [0.15, 0.2) is 62.1 Å². The molecule has 0 amide bonds. The van der Waals surface area contributed by atoms with E-state index in [0.29, 0.717) is 16.9 Å². The molecule has 0 saturated heterocycles. The predicted octanol–water partition coefficient (Wildman–Crippen LogP) is 5.23. The van der Waals surface area contributed by atoms with Crippen LogP contribution in [-0.4, -0.2) is 5.11 Å². The number of furan rings is 1. The van der Waals surface area contributed by atoms with Crippen molar-refractivity contribution in [2.75, 3.05) is 0 Å². The van der Waals surface area contributed by atoms with Crippen LogP contribution < -0.4 is 0 Å². The molecule has 0 aliphatic rings. The summed E-state index contributed by atoms with van der Waals surface area (Å²) in [6.45, 7) is 0. The van der Waals surface area contributed by atoms with Gasteiger partial charge in [0.2, 0.25) is 0 Å². The Labute approximate surface area is 133 Å². The Kier molecular flexibility index (Phi) is 3.96. The quantitative estimate of drug-likeness (QED) is 0.658. The summed E-state index contributed by atoms with van der Waals surface area (Å²) in [6, 6.07) is 16.1. The molecule has 0 saturated carbocycles. The third-order valence-corrected chi connectivity index (χ3v) is 5.00. The fourth-order valence-electron chi connectivity index (χ4n) is 2.31. The van der Waals surface area contributed by atoms with Gasteiger partial charge in [0.15, 0.2) is 4.67 Å². The van der Waals surface area contributed by atoms with E-state index in [4.69, 9.17) is 4.42 Å². The van der Waals surface area contributed by atoms with Crippen LogP contribution in [0.4, 0.5) is 0 Å². The first-order valence-corrected chi connectivity index (χ1v) is 7.83. The standard InChI is InChI=1S/C16H12Br2O2/c17-13-9-15(20-16(13)18)14(19)8-11-6-3-5-10-4-1-2-7-12(10)11/h1-7,9,14,19H,8H2. The van der Waals surface area contributed by atoms with Gasteiger partial charge in [-0.15, -0.1) is 0 Å². The van der Waals surface area contributed by atoms with Crippen molar-refractivity contribution in [2.45, 2.75) is 12.5 Å². The van der Waals surface area contributed by atoms with Crippen LogP contribution >= 0.6 is 31.9 Å². The fourth-order valence-corrected chi connectivity index (χ4v) is 2.91. The highest BCUT2D eigenvalue weighted by Gasteiger charge is 2.16. The zero-order valence-electron chi connectivity index (χ0n) is 10.5. The van der Waals surface area contributed by atoms with Gasteiger partial charge in [0.05, 0.1) is 4.47 Å². The van der Waals surface area contributed by atoms with Gasteiger partial charge in [0, 0.05) is 6.42 Å². The summed E-state index contributed by atoms with van der Waals surface area (Å²) in [4.78, 5) is 0. The largest absolute Gasteiger partial charge is 0.450 e. The number of aliphatic hydroxyl groups is 1. The van der Waals surface area contributed by atoms with Gasteiger partial charge in [-0.05, 0) is 54.3 Å². The average Bonchev–Trinajstić information content (AvgIpc) is 2.79. The highest BCUT2D eigenvalue weighted by molar-refractivity contribution is 9.13. The van der Waals surface area contributed by atoms with Gasteiger partial charge in [-0.25, -0.2) is 0 Å². The van der Waals surface area contributed by atoms with Crippen molar-refractivity contribution in [1.29, 1.82) is 0 Å². The molecular weight excluding hydrogens is 384 g/mol. The maximum Gasteiger partial charge on any atom is 0.183 e. The molecule has 0 aliphatic carbocycles. The van der Waals surface area contributed by atoms with Gasteiger partial charge in [-0.1, -0.05) is 42.5 Å². The minimum atomic E-state index is -0.664. The van der Waals surface area contributed by atoms with E-state index in [0.717, 1.165) is 10.0 Å². The lowest BCUT2D eigenvalue weighted by Gasteiger charge is -2.10. The highest BCUT2D eigenvalue weighted by Crippen LogP contribution is 2.32. The van der Waals surface area contributed by atoms with Gasteiger partial charge in [0.1, 0.15) is 11.9 Å². The molecule has 20 heavy (non-hydrogen) atoms. The molecule has 0 spiro atoms. The topological polar surface area (TPSA) is 33.4 Å². The van der Waals surface area contributed by atoms with Crippen LogP contribution in [0.1, 0.15) is 17.4 Å². The first-order chi connectivity index (χ1) is 9.65. The monoisotopic (exact) mass is 394 g/mol. The van der Waals surface area contributed by atoms with Crippen LogP contribution in [0.3, 0.4) is 0 Å². The molecule has 1 N–H and O–H groups in total. The van der Waals surface area contributed by atoms with E-state index >= 15 is 0 Å². The SMILES string of the molecule is OC(Cc1cccc2ccccc12)c1cc(Br)c(Br)o1. The van der Waals surface area contributed by atoms with E-state index in [1.165, 1.54) is 10.8 Å². The number of hydrogen-bond donors (Lipinski definition) is 1.